The molecular formula is C23H29ClFN7. The fraction of sp³-hybridized carbons (Fsp3) is 0.435. The number of likely N-dealkylation sites (N-methyl/N-ethyl adjacent to an activating group) is 1. The molecule has 4 rings (SSSR count). The van der Waals surface area contributed by atoms with E-state index in [2.05, 4.69) is 37.3 Å². The summed E-state index contributed by atoms with van der Waals surface area (Å²) in [6, 6.07) is 6.53. The molecule has 2 aromatic heterocycles. The van der Waals surface area contributed by atoms with Gasteiger partial charge in [0.05, 0.1) is 5.69 Å². The molecular weight excluding hydrogens is 429 g/mol. The Labute approximate surface area is 193 Å². The number of benzene rings is 1. The summed E-state index contributed by atoms with van der Waals surface area (Å²) in [5.74, 6) is 0.443. The van der Waals surface area contributed by atoms with Crippen LogP contribution in [0.2, 0.25) is 5.02 Å². The van der Waals surface area contributed by atoms with Crippen molar-refractivity contribution in [2.75, 3.05) is 52.6 Å². The van der Waals surface area contributed by atoms with Gasteiger partial charge in [0.25, 0.3) is 0 Å². The summed E-state index contributed by atoms with van der Waals surface area (Å²) in [6.45, 7) is 3.60. The van der Waals surface area contributed by atoms with Crippen LogP contribution in [0.25, 0.3) is 22.5 Å². The molecule has 1 aliphatic rings. The number of likely N-dealkylation sites (tertiary alicyclic amines) is 1. The summed E-state index contributed by atoms with van der Waals surface area (Å²) in [5.41, 5.74) is 3.50. The second-order valence-corrected chi connectivity index (χ2v) is 8.99. The van der Waals surface area contributed by atoms with Crippen molar-refractivity contribution in [3.05, 3.63) is 47.0 Å². The first-order valence-corrected chi connectivity index (χ1v) is 11.2. The van der Waals surface area contributed by atoms with Crippen molar-refractivity contribution < 1.29 is 4.39 Å². The predicted molar refractivity (Wildman–Crippen MR) is 127 cm³/mol. The number of rotatable bonds is 7. The molecule has 3 aromatic rings. The molecule has 1 saturated heterocycles. The zero-order valence-electron chi connectivity index (χ0n) is 18.7. The molecule has 1 aromatic carbocycles. The van der Waals surface area contributed by atoms with Gasteiger partial charge >= 0.3 is 0 Å². The Morgan fingerprint density at radius 1 is 1.25 bits per heavy atom. The van der Waals surface area contributed by atoms with E-state index in [0.717, 1.165) is 56.0 Å². The van der Waals surface area contributed by atoms with E-state index in [9.17, 15) is 4.39 Å². The van der Waals surface area contributed by atoms with Gasteiger partial charge in [-0.05, 0) is 71.3 Å². The number of hydrogen-bond acceptors (Lipinski definition) is 6. The fourth-order valence-corrected chi connectivity index (χ4v) is 4.22. The van der Waals surface area contributed by atoms with Gasteiger partial charge in [0.1, 0.15) is 11.5 Å². The molecule has 0 radical (unpaired) electrons. The lowest BCUT2D eigenvalue weighted by Crippen LogP contribution is -2.29. The minimum absolute atomic E-state index is 0.304. The number of aromatic nitrogens is 4. The number of nitrogens with zero attached hydrogens (tertiary/aromatic N) is 5. The van der Waals surface area contributed by atoms with Crippen LogP contribution >= 0.6 is 11.6 Å². The third-order valence-electron chi connectivity index (χ3n) is 5.86. The predicted octanol–water partition coefficient (Wildman–Crippen LogP) is 4.11. The third-order valence-corrected chi connectivity index (χ3v) is 6.10. The minimum atomic E-state index is -0.404. The van der Waals surface area contributed by atoms with Crippen LogP contribution in [-0.4, -0.2) is 77.3 Å². The number of nitrogens with one attached hydrogen (secondary N) is 2. The maximum absolute atomic E-state index is 14.9. The highest BCUT2D eigenvalue weighted by molar-refractivity contribution is 6.30. The first kappa shape index (κ1) is 22.6. The van der Waals surface area contributed by atoms with Crippen LogP contribution in [0.1, 0.15) is 24.5 Å². The summed E-state index contributed by atoms with van der Waals surface area (Å²) in [4.78, 5) is 13.5. The number of H-pyrrole nitrogens is 1. The van der Waals surface area contributed by atoms with Gasteiger partial charge in [-0.15, -0.1) is 0 Å². The van der Waals surface area contributed by atoms with Crippen molar-refractivity contribution >= 4 is 17.5 Å². The molecule has 0 unspecified atom stereocenters. The second-order valence-electron chi connectivity index (χ2n) is 8.56. The van der Waals surface area contributed by atoms with E-state index in [1.54, 1.807) is 18.3 Å². The minimum Gasteiger partial charge on any atom is -0.353 e. The van der Waals surface area contributed by atoms with Crippen molar-refractivity contribution in [2.45, 2.75) is 18.8 Å². The van der Waals surface area contributed by atoms with E-state index in [1.165, 1.54) is 6.07 Å². The smallest absolute Gasteiger partial charge is 0.223 e. The monoisotopic (exact) mass is 457 g/mol. The standard InChI is InChI=1S/C23H29ClFN7/c1-31(2)13-10-27-23-26-9-6-19(28-23)20-21(15-7-11-32(3)12-8-15)29-30-22(20)17-5-4-16(24)14-18(17)25/h4-6,9,14-15H,7-8,10-13H2,1-3H3,(H,29,30)(H,26,27,28). The molecule has 0 saturated carbocycles. The van der Waals surface area contributed by atoms with Gasteiger partial charge in [0, 0.05) is 47.0 Å². The summed E-state index contributed by atoms with van der Waals surface area (Å²) in [6.07, 6.45) is 3.74. The normalized spacial score (nSPS) is 15.4. The van der Waals surface area contributed by atoms with Gasteiger partial charge in [0.2, 0.25) is 5.95 Å². The lowest BCUT2D eigenvalue weighted by atomic mass is 9.89. The Kier molecular flexibility index (Phi) is 7.03. The fourth-order valence-electron chi connectivity index (χ4n) is 4.06. The van der Waals surface area contributed by atoms with Crippen molar-refractivity contribution in [1.82, 2.24) is 30.0 Å². The van der Waals surface area contributed by atoms with E-state index in [1.807, 2.05) is 20.2 Å². The SMILES string of the molecule is CN(C)CCNc1nccc(-c2c(-c3ccc(Cl)cc3F)n[nH]c2C2CCN(C)CC2)n1. The zero-order chi connectivity index (χ0) is 22.7. The number of aromatic amines is 1. The zero-order valence-corrected chi connectivity index (χ0v) is 19.5. The molecule has 0 bridgehead atoms. The van der Waals surface area contributed by atoms with Crippen LogP contribution in [0.3, 0.4) is 0 Å². The van der Waals surface area contributed by atoms with Gasteiger partial charge < -0.3 is 15.1 Å². The highest BCUT2D eigenvalue weighted by Gasteiger charge is 2.28. The van der Waals surface area contributed by atoms with Crippen LogP contribution in [0.15, 0.2) is 30.5 Å². The Balaban J connectivity index is 1.75. The third kappa shape index (κ3) is 5.09. The highest BCUT2D eigenvalue weighted by atomic mass is 35.5. The maximum atomic E-state index is 14.9. The lowest BCUT2D eigenvalue weighted by molar-refractivity contribution is 0.253. The molecule has 2 N–H and O–H groups in total. The molecule has 9 heteroatoms. The molecule has 1 aliphatic heterocycles. The average Bonchev–Trinajstić information content (AvgIpc) is 3.19. The van der Waals surface area contributed by atoms with Crippen LogP contribution in [0, 0.1) is 5.82 Å². The van der Waals surface area contributed by atoms with Gasteiger partial charge in [-0.3, -0.25) is 5.10 Å². The molecule has 1 fully saturated rings. The first-order chi connectivity index (χ1) is 15.4. The quantitative estimate of drug-likeness (QED) is 0.556. The van der Waals surface area contributed by atoms with Crippen molar-refractivity contribution in [2.24, 2.45) is 0 Å². The van der Waals surface area contributed by atoms with E-state index >= 15 is 0 Å². The summed E-state index contributed by atoms with van der Waals surface area (Å²) in [7, 11) is 6.17. The molecule has 170 valence electrons. The largest absolute Gasteiger partial charge is 0.353 e. The van der Waals surface area contributed by atoms with Crippen LogP contribution in [0.4, 0.5) is 10.3 Å². The Morgan fingerprint density at radius 3 is 2.75 bits per heavy atom. The van der Waals surface area contributed by atoms with E-state index in [-0.39, 0.29) is 0 Å². The maximum Gasteiger partial charge on any atom is 0.223 e. The molecule has 3 heterocycles. The first-order valence-electron chi connectivity index (χ1n) is 10.9. The van der Waals surface area contributed by atoms with Crippen LogP contribution in [0.5, 0.6) is 0 Å². The molecule has 0 atom stereocenters. The molecule has 0 spiro atoms. The molecule has 0 aliphatic carbocycles. The molecule has 7 nitrogen and oxygen atoms in total. The van der Waals surface area contributed by atoms with Gasteiger partial charge in [0.15, 0.2) is 0 Å². The number of anilines is 1. The van der Waals surface area contributed by atoms with Crippen molar-refractivity contribution in [1.29, 1.82) is 0 Å². The highest BCUT2D eigenvalue weighted by Crippen LogP contribution is 2.40. The van der Waals surface area contributed by atoms with Crippen LogP contribution in [-0.2, 0) is 0 Å². The van der Waals surface area contributed by atoms with Crippen molar-refractivity contribution in [3.8, 4) is 22.5 Å². The molecule has 0 amide bonds. The number of piperidine rings is 1. The molecule has 32 heavy (non-hydrogen) atoms. The summed E-state index contributed by atoms with van der Waals surface area (Å²) >= 11 is 5.99. The van der Waals surface area contributed by atoms with Gasteiger partial charge in [-0.2, -0.15) is 5.10 Å². The average molecular weight is 458 g/mol. The van der Waals surface area contributed by atoms with E-state index in [4.69, 9.17) is 16.6 Å². The lowest BCUT2D eigenvalue weighted by Gasteiger charge is -2.28. The Morgan fingerprint density at radius 2 is 2.03 bits per heavy atom. The number of halogens is 2. The Hall–Kier alpha value is -2.55. The number of hydrogen-bond donors (Lipinski definition) is 2. The van der Waals surface area contributed by atoms with Crippen molar-refractivity contribution in [3.63, 3.8) is 0 Å². The van der Waals surface area contributed by atoms with Gasteiger partial charge in [-0.1, -0.05) is 11.6 Å². The summed E-state index contributed by atoms with van der Waals surface area (Å²) in [5, 5.41) is 11.4. The van der Waals surface area contributed by atoms with Gasteiger partial charge in [-0.25, -0.2) is 14.4 Å². The Bertz CT molecular complexity index is 1060. The van der Waals surface area contributed by atoms with Crippen LogP contribution < -0.4 is 5.32 Å². The second kappa shape index (κ2) is 9.94. The summed E-state index contributed by atoms with van der Waals surface area (Å²) < 4.78 is 14.9. The topological polar surface area (TPSA) is 73.0 Å². The van der Waals surface area contributed by atoms with E-state index in [0.29, 0.717) is 28.1 Å². The van der Waals surface area contributed by atoms with E-state index < -0.39 is 5.82 Å².